The molecule has 1 saturated heterocycles. The average Bonchev–Trinajstić information content (AvgIpc) is 2.70. The standard InChI is InChI=1S/C12H24N2OS/c1-9-5-7-13-11(9)12(15)14(3)10(2)6-8-16-4/h9-11,13H,5-8H2,1-4H3. The van der Waals surface area contributed by atoms with Crippen LogP contribution in [-0.4, -0.2) is 48.5 Å². The van der Waals surface area contributed by atoms with Crippen molar-refractivity contribution in [1.82, 2.24) is 10.2 Å². The fraction of sp³-hybridized carbons (Fsp3) is 0.917. The lowest BCUT2D eigenvalue weighted by Crippen LogP contribution is -2.47. The smallest absolute Gasteiger partial charge is 0.239 e. The Balaban J connectivity index is 2.45. The molecule has 0 saturated carbocycles. The van der Waals surface area contributed by atoms with Gasteiger partial charge in [0.15, 0.2) is 0 Å². The third-order valence-electron chi connectivity index (χ3n) is 3.55. The van der Waals surface area contributed by atoms with Gasteiger partial charge >= 0.3 is 0 Å². The van der Waals surface area contributed by atoms with Gasteiger partial charge in [-0.25, -0.2) is 0 Å². The van der Waals surface area contributed by atoms with Crippen molar-refractivity contribution in [2.24, 2.45) is 5.92 Å². The van der Waals surface area contributed by atoms with E-state index in [1.165, 1.54) is 0 Å². The first-order valence-corrected chi connectivity index (χ1v) is 7.46. The Morgan fingerprint density at radius 2 is 2.31 bits per heavy atom. The van der Waals surface area contributed by atoms with Crippen molar-refractivity contribution in [3.05, 3.63) is 0 Å². The monoisotopic (exact) mass is 244 g/mol. The van der Waals surface area contributed by atoms with E-state index in [1.54, 1.807) is 0 Å². The molecule has 0 aromatic carbocycles. The van der Waals surface area contributed by atoms with E-state index in [9.17, 15) is 4.79 Å². The minimum absolute atomic E-state index is 0.0433. The Kier molecular flexibility index (Phi) is 5.62. The molecule has 94 valence electrons. The van der Waals surface area contributed by atoms with Crippen LogP contribution in [0.2, 0.25) is 0 Å². The minimum atomic E-state index is 0.0433. The predicted octanol–water partition coefficient (Wildman–Crippen LogP) is 1.58. The van der Waals surface area contributed by atoms with E-state index in [1.807, 2.05) is 23.7 Å². The van der Waals surface area contributed by atoms with E-state index in [4.69, 9.17) is 0 Å². The van der Waals surface area contributed by atoms with Crippen LogP contribution in [0, 0.1) is 5.92 Å². The maximum Gasteiger partial charge on any atom is 0.239 e. The molecule has 4 heteroatoms. The summed E-state index contributed by atoms with van der Waals surface area (Å²) in [5.74, 6) is 1.85. The Morgan fingerprint density at radius 3 is 2.81 bits per heavy atom. The Bertz CT molecular complexity index is 235. The quantitative estimate of drug-likeness (QED) is 0.797. The first-order chi connectivity index (χ1) is 7.57. The highest BCUT2D eigenvalue weighted by atomic mass is 32.2. The molecule has 3 unspecified atom stereocenters. The first-order valence-electron chi connectivity index (χ1n) is 6.07. The molecule has 1 fully saturated rings. The van der Waals surface area contributed by atoms with Gasteiger partial charge in [0.2, 0.25) is 5.91 Å². The maximum absolute atomic E-state index is 12.2. The van der Waals surface area contributed by atoms with Crippen LogP contribution in [0.15, 0.2) is 0 Å². The van der Waals surface area contributed by atoms with E-state index < -0.39 is 0 Å². The van der Waals surface area contributed by atoms with Crippen molar-refractivity contribution >= 4 is 17.7 Å². The number of carbonyl (C=O) groups is 1. The zero-order valence-corrected chi connectivity index (χ0v) is 11.6. The third kappa shape index (κ3) is 3.39. The zero-order chi connectivity index (χ0) is 12.1. The second-order valence-electron chi connectivity index (χ2n) is 4.78. The van der Waals surface area contributed by atoms with Crippen molar-refractivity contribution in [2.75, 3.05) is 25.6 Å². The Labute approximate surface area is 103 Å². The van der Waals surface area contributed by atoms with Gasteiger partial charge in [-0.2, -0.15) is 11.8 Å². The van der Waals surface area contributed by atoms with Gasteiger partial charge in [-0.3, -0.25) is 4.79 Å². The van der Waals surface area contributed by atoms with Crippen LogP contribution in [0.25, 0.3) is 0 Å². The first kappa shape index (κ1) is 13.8. The van der Waals surface area contributed by atoms with E-state index in [0.29, 0.717) is 12.0 Å². The molecule has 16 heavy (non-hydrogen) atoms. The number of nitrogens with zero attached hydrogens (tertiary/aromatic N) is 1. The fourth-order valence-electron chi connectivity index (χ4n) is 2.08. The summed E-state index contributed by atoms with van der Waals surface area (Å²) in [6.45, 7) is 5.27. The molecule has 0 radical (unpaired) electrons. The fourth-order valence-corrected chi connectivity index (χ4v) is 2.66. The summed E-state index contributed by atoms with van der Waals surface area (Å²) in [5, 5.41) is 3.30. The van der Waals surface area contributed by atoms with Gasteiger partial charge in [-0.1, -0.05) is 6.92 Å². The van der Waals surface area contributed by atoms with Crippen LogP contribution in [0.4, 0.5) is 0 Å². The van der Waals surface area contributed by atoms with Crippen LogP contribution in [0.3, 0.4) is 0 Å². The normalized spacial score (nSPS) is 26.8. The van der Waals surface area contributed by atoms with Crippen molar-refractivity contribution in [3.8, 4) is 0 Å². The summed E-state index contributed by atoms with van der Waals surface area (Å²) in [5.41, 5.74) is 0. The highest BCUT2D eigenvalue weighted by Crippen LogP contribution is 2.18. The summed E-state index contributed by atoms with van der Waals surface area (Å²) in [6, 6.07) is 0.385. The van der Waals surface area contributed by atoms with Crippen LogP contribution in [0.5, 0.6) is 0 Å². The van der Waals surface area contributed by atoms with Gasteiger partial charge in [0.05, 0.1) is 6.04 Å². The minimum Gasteiger partial charge on any atom is -0.342 e. The molecule has 0 bridgehead atoms. The molecular formula is C12H24N2OS. The third-order valence-corrected chi connectivity index (χ3v) is 4.19. The largest absolute Gasteiger partial charge is 0.342 e. The summed E-state index contributed by atoms with van der Waals surface area (Å²) in [6.07, 6.45) is 4.29. The van der Waals surface area contributed by atoms with Crippen molar-refractivity contribution < 1.29 is 4.79 Å². The molecule has 0 spiro atoms. The molecule has 0 aromatic rings. The number of hydrogen-bond acceptors (Lipinski definition) is 3. The lowest BCUT2D eigenvalue weighted by atomic mass is 10.0. The number of nitrogens with one attached hydrogen (secondary N) is 1. The van der Waals surface area contributed by atoms with Gasteiger partial charge in [0, 0.05) is 13.1 Å². The number of hydrogen-bond donors (Lipinski definition) is 1. The van der Waals surface area contributed by atoms with E-state index >= 15 is 0 Å². The molecular weight excluding hydrogens is 220 g/mol. The SMILES string of the molecule is CSCCC(C)N(C)C(=O)C1NCCC1C. The van der Waals surface area contributed by atoms with E-state index in [0.717, 1.165) is 25.1 Å². The highest BCUT2D eigenvalue weighted by Gasteiger charge is 2.32. The highest BCUT2D eigenvalue weighted by molar-refractivity contribution is 7.98. The van der Waals surface area contributed by atoms with Gasteiger partial charge < -0.3 is 10.2 Å². The van der Waals surface area contributed by atoms with Crippen LogP contribution in [-0.2, 0) is 4.79 Å². The summed E-state index contributed by atoms with van der Waals surface area (Å²) in [4.78, 5) is 14.1. The number of likely N-dealkylation sites (N-methyl/N-ethyl adjacent to an activating group) is 1. The summed E-state index contributed by atoms with van der Waals surface area (Å²) >= 11 is 1.84. The van der Waals surface area contributed by atoms with Crippen LogP contribution in [0.1, 0.15) is 26.7 Å². The number of rotatable bonds is 5. The number of carbonyl (C=O) groups excluding carboxylic acids is 1. The number of amides is 1. The van der Waals surface area contributed by atoms with Crippen molar-refractivity contribution in [3.63, 3.8) is 0 Å². The molecule has 3 nitrogen and oxygen atoms in total. The van der Waals surface area contributed by atoms with Gasteiger partial charge in [0.25, 0.3) is 0 Å². The average molecular weight is 244 g/mol. The van der Waals surface area contributed by atoms with Gasteiger partial charge in [-0.15, -0.1) is 0 Å². The van der Waals surface area contributed by atoms with Gasteiger partial charge in [0.1, 0.15) is 0 Å². The molecule has 0 aliphatic carbocycles. The van der Waals surface area contributed by atoms with E-state index in [2.05, 4.69) is 25.4 Å². The lowest BCUT2D eigenvalue weighted by Gasteiger charge is -2.29. The second kappa shape index (κ2) is 6.50. The van der Waals surface area contributed by atoms with E-state index in [-0.39, 0.29) is 11.9 Å². The second-order valence-corrected chi connectivity index (χ2v) is 5.76. The van der Waals surface area contributed by atoms with Crippen molar-refractivity contribution in [2.45, 2.75) is 38.8 Å². The molecule has 0 aromatic heterocycles. The van der Waals surface area contributed by atoms with Crippen LogP contribution >= 0.6 is 11.8 Å². The number of thioether (sulfide) groups is 1. The molecule has 1 aliphatic heterocycles. The zero-order valence-electron chi connectivity index (χ0n) is 10.8. The van der Waals surface area contributed by atoms with Crippen LogP contribution < -0.4 is 5.32 Å². The molecule has 1 aliphatic rings. The van der Waals surface area contributed by atoms with Gasteiger partial charge in [-0.05, 0) is 44.2 Å². The summed E-state index contributed by atoms with van der Waals surface area (Å²) < 4.78 is 0. The summed E-state index contributed by atoms with van der Waals surface area (Å²) in [7, 11) is 1.93. The topological polar surface area (TPSA) is 32.3 Å². The molecule has 1 heterocycles. The maximum atomic E-state index is 12.2. The molecule has 1 rings (SSSR count). The molecule has 3 atom stereocenters. The predicted molar refractivity (Wildman–Crippen MR) is 70.8 cm³/mol. The molecule has 1 N–H and O–H groups in total. The Morgan fingerprint density at radius 1 is 1.62 bits per heavy atom. The lowest BCUT2D eigenvalue weighted by molar-refractivity contribution is -0.134. The molecule has 1 amide bonds. The van der Waals surface area contributed by atoms with Crippen molar-refractivity contribution in [1.29, 1.82) is 0 Å². The Hall–Kier alpha value is -0.220.